The van der Waals surface area contributed by atoms with Crippen LogP contribution in [-0.4, -0.2) is 23.8 Å². The van der Waals surface area contributed by atoms with Crippen molar-refractivity contribution in [1.82, 2.24) is 0 Å². The van der Waals surface area contributed by atoms with Gasteiger partial charge in [-0.3, -0.25) is 0 Å². The summed E-state index contributed by atoms with van der Waals surface area (Å²) in [7, 11) is 0. The van der Waals surface area contributed by atoms with E-state index >= 15 is 0 Å². The molecule has 0 saturated carbocycles. The molecule has 0 amide bonds. The average Bonchev–Trinajstić information content (AvgIpc) is 2.12. The molecule has 0 aliphatic carbocycles. The summed E-state index contributed by atoms with van der Waals surface area (Å²) in [5, 5.41) is 8.54. The Hall–Kier alpha value is -0.570. The standard InChI is InChI=1S/C7H12O3/c8-7(9)6-4-2-1-3-5-10-6/h6H,1-5H2,(H,8,9). The van der Waals surface area contributed by atoms with Gasteiger partial charge in [0.1, 0.15) is 0 Å². The van der Waals surface area contributed by atoms with Crippen LogP contribution in [0.15, 0.2) is 0 Å². The number of hydrogen-bond donors (Lipinski definition) is 1. The van der Waals surface area contributed by atoms with Crippen LogP contribution < -0.4 is 0 Å². The number of rotatable bonds is 1. The maximum atomic E-state index is 10.4. The zero-order valence-corrected chi connectivity index (χ0v) is 5.88. The highest BCUT2D eigenvalue weighted by Gasteiger charge is 2.18. The van der Waals surface area contributed by atoms with Gasteiger partial charge in [-0.15, -0.1) is 0 Å². The highest BCUT2D eigenvalue weighted by Crippen LogP contribution is 2.12. The fourth-order valence-electron chi connectivity index (χ4n) is 1.11. The van der Waals surface area contributed by atoms with Gasteiger partial charge in [0, 0.05) is 6.61 Å². The maximum absolute atomic E-state index is 10.4. The number of hydrogen-bond acceptors (Lipinski definition) is 2. The molecular weight excluding hydrogens is 132 g/mol. The SMILES string of the molecule is O=C(O)C1CCCCCO1. The van der Waals surface area contributed by atoms with Gasteiger partial charge in [-0.1, -0.05) is 12.8 Å². The molecule has 1 aliphatic heterocycles. The van der Waals surface area contributed by atoms with Crippen molar-refractivity contribution in [3.63, 3.8) is 0 Å². The van der Waals surface area contributed by atoms with Crippen LogP contribution in [0.5, 0.6) is 0 Å². The quantitative estimate of drug-likeness (QED) is 0.597. The average molecular weight is 144 g/mol. The summed E-state index contributed by atoms with van der Waals surface area (Å²) in [5.74, 6) is -0.818. The van der Waals surface area contributed by atoms with Crippen molar-refractivity contribution in [2.45, 2.75) is 31.8 Å². The zero-order chi connectivity index (χ0) is 7.40. The molecule has 0 aromatic heterocycles. The molecule has 1 saturated heterocycles. The Morgan fingerprint density at radius 3 is 2.90 bits per heavy atom. The van der Waals surface area contributed by atoms with Gasteiger partial charge in [-0.05, 0) is 12.8 Å². The predicted octanol–water partition coefficient (Wildman–Crippen LogP) is 1.03. The number of aliphatic carboxylic acids is 1. The summed E-state index contributed by atoms with van der Waals surface area (Å²) in [6.45, 7) is 0.608. The molecule has 0 spiro atoms. The largest absolute Gasteiger partial charge is 0.479 e. The van der Waals surface area contributed by atoms with E-state index in [1.807, 2.05) is 0 Å². The van der Waals surface area contributed by atoms with E-state index in [9.17, 15) is 4.79 Å². The van der Waals surface area contributed by atoms with E-state index in [1.165, 1.54) is 0 Å². The van der Waals surface area contributed by atoms with E-state index in [0.29, 0.717) is 13.0 Å². The molecule has 1 atom stereocenters. The summed E-state index contributed by atoms with van der Waals surface area (Å²) in [6, 6.07) is 0. The predicted molar refractivity (Wildman–Crippen MR) is 35.8 cm³/mol. The molecule has 1 rings (SSSR count). The van der Waals surface area contributed by atoms with Gasteiger partial charge in [-0.2, -0.15) is 0 Å². The smallest absolute Gasteiger partial charge is 0.332 e. The molecule has 1 N–H and O–H groups in total. The van der Waals surface area contributed by atoms with Crippen LogP contribution in [0.1, 0.15) is 25.7 Å². The van der Waals surface area contributed by atoms with E-state index in [1.54, 1.807) is 0 Å². The lowest BCUT2D eigenvalue weighted by atomic mass is 10.1. The molecule has 0 aromatic rings. The van der Waals surface area contributed by atoms with Crippen molar-refractivity contribution in [3.8, 4) is 0 Å². The number of ether oxygens (including phenoxy) is 1. The third-order valence-electron chi connectivity index (χ3n) is 1.71. The van der Waals surface area contributed by atoms with Gasteiger partial charge in [0.2, 0.25) is 0 Å². The van der Waals surface area contributed by atoms with Crippen molar-refractivity contribution in [2.24, 2.45) is 0 Å². The Morgan fingerprint density at radius 2 is 2.20 bits per heavy atom. The van der Waals surface area contributed by atoms with Gasteiger partial charge in [0.15, 0.2) is 6.10 Å². The third-order valence-corrected chi connectivity index (χ3v) is 1.71. The molecule has 0 radical (unpaired) electrons. The van der Waals surface area contributed by atoms with Gasteiger partial charge in [0.25, 0.3) is 0 Å². The number of carboxylic acids is 1. The van der Waals surface area contributed by atoms with Crippen LogP contribution in [0, 0.1) is 0 Å². The van der Waals surface area contributed by atoms with Crippen molar-refractivity contribution < 1.29 is 14.6 Å². The summed E-state index contributed by atoms with van der Waals surface area (Å²) in [5.41, 5.74) is 0. The topological polar surface area (TPSA) is 46.5 Å². The Morgan fingerprint density at radius 1 is 1.40 bits per heavy atom. The number of carbonyl (C=O) groups is 1. The summed E-state index contributed by atoms with van der Waals surface area (Å²) >= 11 is 0. The Bertz CT molecular complexity index is 114. The van der Waals surface area contributed by atoms with Crippen molar-refractivity contribution >= 4 is 5.97 Å². The summed E-state index contributed by atoms with van der Waals surface area (Å²) in [6.07, 6.45) is 3.22. The minimum absolute atomic E-state index is 0.539. The van der Waals surface area contributed by atoms with Crippen LogP contribution >= 0.6 is 0 Å². The molecule has 0 bridgehead atoms. The molecule has 10 heavy (non-hydrogen) atoms. The van der Waals surface area contributed by atoms with Crippen LogP contribution in [0.2, 0.25) is 0 Å². The number of carboxylic acid groups (broad SMARTS) is 1. The first kappa shape index (κ1) is 7.54. The van der Waals surface area contributed by atoms with Crippen LogP contribution in [0.4, 0.5) is 0 Å². The molecule has 1 unspecified atom stereocenters. The van der Waals surface area contributed by atoms with E-state index in [-0.39, 0.29) is 0 Å². The Labute approximate surface area is 60.0 Å². The highest BCUT2D eigenvalue weighted by molar-refractivity contribution is 5.72. The van der Waals surface area contributed by atoms with Crippen molar-refractivity contribution in [2.75, 3.05) is 6.61 Å². The highest BCUT2D eigenvalue weighted by atomic mass is 16.5. The van der Waals surface area contributed by atoms with E-state index in [0.717, 1.165) is 19.3 Å². The minimum atomic E-state index is -0.818. The molecular formula is C7H12O3. The lowest BCUT2D eigenvalue weighted by Crippen LogP contribution is -2.22. The molecule has 1 fully saturated rings. The maximum Gasteiger partial charge on any atom is 0.332 e. The summed E-state index contributed by atoms with van der Waals surface area (Å²) in [4.78, 5) is 10.4. The van der Waals surface area contributed by atoms with Crippen LogP contribution in [0.3, 0.4) is 0 Å². The summed E-state index contributed by atoms with van der Waals surface area (Å²) < 4.78 is 5.06. The normalized spacial score (nSPS) is 27.4. The lowest BCUT2D eigenvalue weighted by molar-refractivity contribution is -0.150. The Kier molecular flexibility index (Phi) is 2.68. The van der Waals surface area contributed by atoms with Crippen LogP contribution in [0.25, 0.3) is 0 Å². The molecule has 3 heteroatoms. The van der Waals surface area contributed by atoms with Crippen molar-refractivity contribution in [1.29, 1.82) is 0 Å². The van der Waals surface area contributed by atoms with Crippen molar-refractivity contribution in [3.05, 3.63) is 0 Å². The van der Waals surface area contributed by atoms with Gasteiger partial charge in [0.05, 0.1) is 0 Å². The van der Waals surface area contributed by atoms with E-state index in [2.05, 4.69) is 0 Å². The zero-order valence-electron chi connectivity index (χ0n) is 5.88. The molecule has 1 heterocycles. The first-order chi connectivity index (χ1) is 4.80. The van der Waals surface area contributed by atoms with Gasteiger partial charge in [-0.25, -0.2) is 4.79 Å². The third kappa shape index (κ3) is 1.99. The molecule has 0 aromatic carbocycles. The van der Waals surface area contributed by atoms with Crippen LogP contribution in [-0.2, 0) is 9.53 Å². The second-order valence-corrected chi connectivity index (χ2v) is 2.55. The lowest BCUT2D eigenvalue weighted by Gasteiger charge is -2.07. The van der Waals surface area contributed by atoms with E-state index in [4.69, 9.17) is 9.84 Å². The first-order valence-corrected chi connectivity index (χ1v) is 3.65. The second-order valence-electron chi connectivity index (χ2n) is 2.55. The molecule has 58 valence electrons. The fourth-order valence-corrected chi connectivity index (χ4v) is 1.11. The fraction of sp³-hybridized carbons (Fsp3) is 0.857. The van der Waals surface area contributed by atoms with Gasteiger partial charge < -0.3 is 9.84 Å². The second kappa shape index (κ2) is 3.56. The van der Waals surface area contributed by atoms with E-state index < -0.39 is 12.1 Å². The molecule has 1 aliphatic rings. The Balaban J connectivity index is 2.35. The monoisotopic (exact) mass is 144 g/mol. The first-order valence-electron chi connectivity index (χ1n) is 3.65. The van der Waals surface area contributed by atoms with Gasteiger partial charge >= 0.3 is 5.97 Å². The minimum Gasteiger partial charge on any atom is -0.479 e. The molecule has 3 nitrogen and oxygen atoms in total.